The number of rotatable bonds is 1. The Morgan fingerprint density at radius 2 is 2.29 bits per heavy atom. The Balaban J connectivity index is 2.24. The zero-order chi connectivity index (χ0) is 12.2. The van der Waals surface area contributed by atoms with E-state index < -0.39 is 17.5 Å². The van der Waals surface area contributed by atoms with Crippen LogP contribution in [0.5, 0.6) is 11.5 Å². The molecule has 17 heavy (non-hydrogen) atoms. The van der Waals surface area contributed by atoms with Crippen LogP contribution in [0.3, 0.4) is 0 Å². The summed E-state index contributed by atoms with van der Waals surface area (Å²) in [5, 5.41) is 9.53. The summed E-state index contributed by atoms with van der Waals surface area (Å²) in [5.74, 6) is -1.61. The van der Waals surface area contributed by atoms with Crippen LogP contribution in [0.25, 0.3) is 0 Å². The van der Waals surface area contributed by atoms with Gasteiger partial charge in [0.05, 0.1) is 13.7 Å². The fourth-order valence-corrected chi connectivity index (χ4v) is 2.34. The van der Waals surface area contributed by atoms with Gasteiger partial charge in [-0.2, -0.15) is 0 Å². The van der Waals surface area contributed by atoms with Crippen molar-refractivity contribution in [3.63, 3.8) is 0 Å². The maximum Gasteiger partial charge on any atom is 0.341 e. The first-order chi connectivity index (χ1) is 8.09. The van der Waals surface area contributed by atoms with Crippen molar-refractivity contribution in [1.82, 2.24) is 0 Å². The second kappa shape index (κ2) is 3.12. The number of phenolic OH excluding ortho intramolecular Hbond substituents is 1. The van der Waals surface area contributed by atoms with Crippen molar-refractivity contribution in [1.29, 1.82) is 0 Å². The molecule has 1 N–H and O–H groups in total. The van der Waals surface area contributed by atoms with E-state index in [2.05, 4.69) is 4.74 Å². The molecule has 0 unspecified atom stereocenters. The third-order valence-electron chi connectivity index (χ3n) is 3.48. The number of halogens is 1. The normalized spacial score (nSPS) is 18.7. The highest BCUT2D eigenvalue weighted by molar-refractivity contribution is 5.94. The molecule has 0 bridgehead atoms. The minimum Gasteiger partial charge on any atom is -0.505 e. The van der Waals surface area contributed by atoms with Gasteiger partial charge < -0.3 is 14.6 Å². The third kappa shape index (κ3) is 1.25. The van der Waals surface area contributed by atoms with E-state index in [9.17, 15) is 14.3 Å². The molecule has 4 nitrogen and oxygen atoms in total. The van der Waals surface area contributed by atoms with E-state index in [-0.39, 0.29) is 16.7 Å². The maximum atomic E-state index is 13.9. The summed E-state index contributed by atoms with van der Waals surface area (Å²) in [6.45, 7) is 0.368. The van der Waals surface area contributed by atoms with Gasteiger partial charge in [-0.05, 0) is 12.8 Å². The van der Waals surface area contributed by atoms with Crippen molar-refractivity contribution < 1.29 is 23.8 Å². The Bertz CT molecular complexity index is 520. The van der Waals surface area contributed by atoms with Crippen molar-refractivity contribution >= 4 is 5.97 Å². The first-order valence-electron chi connectivity index (χ1n) is 5.36. The molecule has 90 valence electrons. The molecule has 0 atom stereocenters. The number of carbonyl (C=O) groups is 1. The van der Waals surface area contributed by atoms with Gasteiger partial charge in [0.2, 0.25) is 0 Å². The van der Waals surface area contributed by atoms with Gasteiger partial charge in [-0.1, -0.05) is 0 Å². The molecule has 0 aromatic heterocycles. The predicted molar refractivity (Wildman–Crippen MR) is 55.8 cm³/mol. The number of fused-ring (bicyclic) bond motifs is 2. The Labute approximate surface area is 97.0 Å². The maximum absolute atomic E-state index is 13.9. The molecule has 0 amide bonds. The molecule has 1 aliphatic carbocycles. The average Bonchev–Trinajstić information content (AvgIpc) is 2.98. The molecule has 2 aliphatic rings. The Hall–Kier alpha value is -1.78. The summed E-state index contributed by atoms with van der Waals surface area (Å²) >= 11 is 0. The van der Waals surface area contributed by atoms with Gasteiger partial charge in [0.15, 0.2) is 11.6 Å². The van der Waals surface area contributed by atoms with Crippen LogP contribution in [-0.4, -0.2) is 24.8 Å². The number of phenols is 1. The number of hydrogen-bond acceptors (Lipinski definition) is 4. The number of methoxy groups -OCH3 is 1. The van der Waals surface area contributed by atoms with Crippen molar-refractivity contribution in [2.45, 2.75) is 18.3 Å². The third-order valence-corrected chi connectivity index (χ3v) is 3.48. The van der Waals surface area contributed by atoms with Crippen LogP contribution < -0.4 is 4.74 Å². The van der Waals surface area contributed by atoms with E-state index in [0.717, 1.165) is 18.9 Å². The minimum absolute atomic E-state index is 0.0881. The number of aromatic hydroxyl groups is 1. The fraction of sp³-hybridized carbons (Fsp3) is 0.417. The van der Waals surface area contributed by atoms with Gasteiger partial charge in [-0.3, -0.25) is 0 Å². The Morgan fingerprint density at radius 1 is 1.59 bits per heavy atom. The van der Waals surface area contributed by atoms with Crippen molar-refractivity contribution in [3.05, 3.63) is 23.0 Å². The quantitative estimate of drug-likeness (QED) is 0.757. The summed E-state index contributed by atoms with van der Waals surface area (Å²) in [4.78, 5) is 11.5. The summed E-state index contributed by atoms with van der Waals surface area (Å²) in [7, 11) is 1.23. The molecule has 1 aliphatic heterocycles. The Morgan fingerprint density at radius 3 is 2.88 bits per heavy atom. The molecule has 1 saturated carbocycles. The zero-order valence-corrected chi connectivity index (χ0v) is 9.25. The summed E-state index contributed by atoms with van der Waals surface area (Å²) in [6, 6.07) is 1.06. The first-order valence-corrected chi connectivity index (χ1v) is 5.36. The van der Waals surface area contributed by atoms with Crippen LogP contribution in [0.15, 0.2) is 6.07 Å². The molecule has 3 rings (SSSR count). The van der Waals surface area contributed by atoms with E-state index >= 15 is 0 Å². The highest BCUT2D eigenvalue weighted by Gasteiger charge is 2.54. The monoisotopic (exact) mass is 238 g/mol. The van der Waals surface area contributed by atoms with Crippen molar-refractivity contribution in [2.24, 2.45) is 0 Å². The second-order valence-electron chi connectivity index (χ2n) is 4.52. The highest BCUT2D eigenvalue weighted by Crippen LogP contribution is 2.58. The van der Waals surface area contributed by atoms with E-state index in [1.54, 1.807) is 0 Å². The number of carbonyl (C=O) groups excluding carboxylic acids is 1. The topological polar surface area (TPSA) is 55.8 Å². The van der Waals surface area contributed by atoms with Crippen LogP contribution in [0, 0.1) is 5.82 Å². The van der Waals surface area contributed by atoms with Crippen molar-refractivity contribution in [2.75, 3.05) is 13.7 Å². The van der Waals surface area contributed by atoms with Gasteiger partial charge in [0.25, 0.3) is 0 Å². The second-order valence-corrected chi connectivity index (χ2v) is 4.52. The van der Waals surface area contributed by atoms with Crippen LogP contribution in [0.4, 0.5) is 4.39 Å². The Kier molecular flexibility index (Phi) is 1.91. The average molecular weight is 238 g/mol. The number of esters is 1. The van der Waals surface area contributed by atoms with Gasteiger partial charge in [0.1, 0.15) is 11.3 Å². The summed E-state index contributed by atoms with van der Waals surface area (Å²) in [6.07, 6.45) is 1.64. The highest BCUT2D eigenvalue weighted by atomic mass is 19.1. The van der Waals surface area contributed by atoms with Gasteiger partial charge >= 0.3 is 5.97 Å². The molecule has 1 spiro atoms. The molecular weight excluding hydrogens is 227 g/mol. The summed E-state index contributed by atoms with van der Waals surface area (Å²) < 4.78 is 23.9. The van der Waals surface area contributed by atoms with Crippen LogP contribution >= 0.6 is 0 Å². The standard InChI is InChI=1S/C12H11FO4/c1-16-11(15)6-4-7(14)9(13)8-10(6)17-5-12(8)2-3-12/h4,14H,2-3,5H2,1H3. The SMILES string of the molecule is COC(=O)c1cc(O)c(F)c2c1OCC21CC1. The van der Waals surface area contributed by atoms with E-state index in [1.807, 2.05) is 0 Å². The lowest BCUT2D eigenvalue weighted by Gasteiger charge is -2.09. The van der Waals surface area contributed by atoms with E-state index in [4.69, 9.17) is 4.74 Å². The minimum atomic E-state index is -0.678. The summed E-state index contributed by atoms with van der Waals surface area (Å²) in [5.41, 5.74) is 0.0871. The van der Waals surface area contributed by atoms with Crippen LogP contribution in [0.2, 0.25) is 0 Å². The van der Waals surface area contributed by atoms with E-state index in [0.29, 0.717) is 12.2 Å². The smallest absolute Gasteiger partial charge is 0.341 e. The van der Waals surface area contributed by atoms with Gasteiger partial charge in [0, 0.05) is 17.0 Å². The lowest BCUT2D eigenvalue weighted by atomic mass is 9.95. The number of hydrogen-bond donors (Lipinski definition) is 1. The van der Waals surface area contributed by atoms with Gasteiger partial charge in [-0.25, -0.2) is 9.18 Å². The molecule has 1 fully saturated rings. The van der Waals surface area contributed by atoms with Crippen LogP contribution in [-0.2, 0) is 10.2 Å². The van der Waals surface area contributed by atoms with Gasteiger partial charge in [-0.15, -0.1) is 0 Å². The number of benzene rings is 1. The van der Waals surface area contributed by atoms with Crippen molar-refractivity contribution in [3.8, 4) is 11.5 Å². The molecule has 5 heteroatoms. The molecule has 1 aromatic carbocycles. The van der Waals surface area contributed by atoms with E-state index in [1.165, 1.54) is 7.11 Å². The molecule has 1 aromatic rings. The lowest BCUT2D eigenvalue weighted by Crippen LogP contribution is -2.09. The zero-order valence-electron chi connectivity index (χ0n) is 9.25. The van der Waals surface area contributed by atoms with Crippen LogP contribution in [0.1, 0.15) is 28.8 Å². The molecule has 0 saturated heterocycles. The molecule has 0 radical (unpaired) electrons. The largest absolute Gasteiger partial charge is 0.505 e. The fourth-order valence-electron chi connectivity index (χ4n) is 2.34. The number of ether oxygens (including phenoxy) is 2. The first kappa shape index (κ1) is 10.4. The lowest BCUT2D eigenvalue weighted by molar-refractivity contribution is 0.0596. The molecule has 1 heterocycles. The predicted octanol–water partition coefficient (Wildman–Crippen LogP) is 1.74. The molecular formula is C12H11FO4.